The molecule has 0 aliphatic heterocycles. The third-order valence-corrected chi connectivity index (χ3v) is 3.50. The average Bonchev–Trinajstić information content (AvgIpc) is 2.50. The highest BCUT2D eigenvalue weighted by Gasteiger charge is 2.37. The van der Waals surface area contributed by atoms with Crippen LogP contribution in [0.2, 0.25) is 0 Å². The Balaban J connectivity index is 1.87. The van der Waals surface area contributed by atoms with Crippen LogP contribution < -0.4 is 5.32 Å². The van der Waals surface area contributed by atoms with Gasteiger partial charge in [0.05, 0.1) is 12.8 Å². The van der Waals surface area contributed by atoms with Crippen LogP contribution in [0.3, 0.4) is 0 Å². The van der Waals surface area contributed by atoms with Gasteiger partial charge in [0, 0.05) is 6.04 Å². The quantitative estimate of drug-likeness (QED) is 0.798. The Hall–Kier alpha value is -0.760. The highest BCUT2D eigenvalue weighted by Crippen LogP contribution is 2.40. The minimum atomic E-state index is 0.473. The summed E-state index contributed by atoms with van der Waals surface area (Å²) >= 11 is 0. The normalized spacial score (nSPS) is 24.6. The highest BCUT2D eigenvalue weighted by molar-refractivity contribution is 5.14. The molecule has 78 valence electrons. The van der Waals surface area contributed by atoms with Crippen molar-refractivity contribution in [3.05, 3.63) is 23.7 Å². The van der Waals surface area contributed by atoms with E-state index >= 15 is 0 Å². The molecule has 1 atom stereocenters. The lowest BCUT2D eigenvalue weighted by Gasteiger charge is -2.45. The van der Waals surface area contributed by atoms with Gasteiger partial charge < -0.3 is 9.73 Å². The fraction of sp³-hybridized carbons (Fsp3) is 0.667. The van der Waals surface area contributed by atoms with E-state index in [2.05, 4.69) is 26.1 Å². The molecule has 1 aromatic rings. The van der Waals surface area contributed by atoms with Crippen LogP contribution in [0.15, 0.2) is 16.7 Å². The largest absolute Gasteiger partial charge is 0.468 e. The van der Waals surface area contributed by atoms with Gasteiger partial charge in [0.25, 0.3) is 0 Å². The molecule has 2 nitrogen and oxygen atoms in total. The SMILES string of the molecule is Cc1ccoc1CNC1CCC1(C)C. The van der Waals surface area contributed by atoms with Gasteiger partial charge in [-0.25, -0.2) is 0 Å². The van der Waals surface area contributed by atoms with Crippen LogP contribution in [0.1, 0.15) is 38.0 Å². The van der Waals surface area contributed by atoms with Gasteiger partial charge in [0.1, 0.15) is 5.76 Å². The highest BCUT2D eigenvalue weighted by atomic mass is 16.3. The van der Waals surface area contributed by atoms with Gasteiger partial charge in [0.15, 0.2) is 0 Å². The smallest absolute Gasteiger partial charge is 0.120 e. The Bertz CT molecular complexity index is 314. The van der Waals surface area contributed by atoms with Crippen LogP contribution in [0.4, 0.5) is 0 Å². The molecule has 0 bridgehead atoms. The molecular weight excluding hydrogens is 174 g/mol. The van der Waals surface area contributed by atoms with Gasteiger partial charge >= 0.3 is 0 Å². The Morgan fingerprint density at radius 1 is 1.57 bits per heavy atom. The van der Waals surface area contributed by atoms with Gasteiger partial charge in [-0.2, -0.15) is 0 Å². The molecule has 1 fully saturated rings. The van der Waals surface area contributed by atoms with Crippen LogP contribution in [0, 0.1) is 12.3 Å². The monoisotopic (exact) mass is 193 g/mol. The zero-order valence-electron chi connectivity index (χ0n) is 9.26. The van der Waals surface area contributed by atoms with Crippen LogP contribution in [0.25, 0.3) is 0 Å². The number of nitrogens with one attached hydrogen (secondary N) is 1. The zero-order valence-corrected chi connectivity index (χ0v) is 9.26. The molecule has 1 heterocycles. The predicted octanol–water partition coefficient (Wildman–Crippen LogP) is 2.87. The first-order valence-corrected chi connectivity index (χ1v) is 5.36. The molecule has 1 aliphatic rings. The van der Waals surface area contributed by atoms with Gasteiger partial charge in [-0.15, -0.1) is 0 Å². The fourth-order valence-electron chi connectivity index (χ4n) is 2.05. The topological polar surface area (TPSA) is 25.2 Å². The molecule has 2 heteroatoms. The predicted molar refractivity (Wildman–Crippen MR) is 57.1 cm³/mol. The molecule has 0 saturated heterocycles. The summed E-state index contributed by atoms with van der Waals surface area (Å²) in [6.45, 7) is 7.60. The zero-order chi connectivity index (χ0) is 10.2. The number of furan rings is 1. The van der Waals surface area contributed by atoms with Gasteiger partial charge in [0.2, 0.25) is 0 Å². The third-order valence-electron chi connectivity index (χ3n) is 3.50. The molecule has 1 aromatic heterocycles. The van der Waals surface area contributed by atoms with Gasteiger partial charge in [-0.05, 0) is 36.8 Å². The molecule has 2 rings (SSSR count). The summed E-state index contributed by atoms with van der Waals surface area (Å²) in [7, 11) is 0. The summed E-state index contributed by atoms with van der Waals surface area (Å²) in [6, 6.07) is 2.68. The van der Waals surface area contributed by atoms with Crippen LogP contribution >= 0.6 is 0 Å². The van der Waals surface area contributed by atoms with Crippen molar-refractivity contribution in [1.29, 1.82) is 0 Å². The molecule has 14 heavy (non-hydrogen) atoms. The van der Waals surface area contributed by atoms with Gasteiger partial charge in [-0.3, -0.25) is 0 Å². The first-order valence-electron chi connectivity index (χ1n) is 5.36. The molecule has 1 N–H and O–H groups in total. The summed E-state index contributed by atoms with van der Waals surface area (Å²) in [4.78, 5) is 0. The van der Waals surface area contributed by atoms with Crippen molar-refractivity contribution in [3.8, 4) is 0 Å². The summed E-state index contributed by atoms with van der Waals surface area (Å²) in [5, 5.41) is 3.56. The first kappa shape index (κ1) is 9.78. The van der Waals surface area contributed by atoms with E-state index in [0.717, 1.165) is 12.3 Å². The van der Waals surface area contributed by atoms with Crippen LogP contribution in [-0.2, 0) is 6.54 Å². The van der Waals surface area contributed by atoms with Crippen LogP contribution in [0.5, 0.6) is 0 Å². The maximum Gasteiger partial charge on any atom is 0.120 e. The lowest BCUT2D eigenvalue weighted by Crippen LogP contribution is -2.49. The Morgan fingerprint density at radius 2 is 2.36 bits per heavy atom. The fourth-order valence-corrected chi connectivity index (χ4v) is 2.05. The molecule has 0 radical (unpaired) electrons. The lowest BCUT2D eigenvalue weighted by molar-refractivity contribution is 0.106. The number of hydrogen-bond donors (Lipinski definition) is 1. The Labute approximate surface area is 85.7 Å². The van der Waals surface area contributed by atoms with E-state index in [-0.39, 0.29) is 0 Å². The number of rotatable bonds is 3. The maximum absolute atomic E-state index is 5.39. The van der Waals surface area contributed by atoms with E-state index in [9.17, 15) is 0 Å². The second-order valence-corrected chi connectivity index (χ2v) is 4.99. The van der Waals surface area contributed by atoms with Crippen molar-refractivity contribution in [3.63, 3.8) is 0 Å². The summed E-state index contributed by atoms with van der Waals surface area (Å²) in [5.74, 6) is 1.08. The van der Waals surface area contributed by atoms with Crippen molar-refractivity contribution < 1.29 is 4.42 Å². The summed E-state index contributed by atoms with van der Waals surface area (Å²) in [5.41, 5.74) is 1.72. The Morgan fingerprint density at radius 3 is 2.79 bits per heavy atom. The molecule has 0 spiro atoms. The van der Waals surface area contributed by atoms with E-state index < -0.39 is 0 Å². The van der Waals surface area contributed by atoms with E-state index in [0.29, 0.717) is 11.5 Å². The minimum Gasteiger partial charge on any atom is -0.468 e. The molecule has 0 amide bonds. The van der Waals surface area contributed by atoms with E-state index in [1.807, 2.05) is 6.07 Å². The van der Waals surface area contributed by atoms with Crippen molar-refractivity contribution in [1.82, 2.24) is 5.32 Å². The van der Waals surface area contributed by atoms with Crippen molar-refractivity contribution in [2.75, 3.05) is 0 Å². The van der Waals surface area contributed by atoms with E-state index in [1.165, 1.54) is 18.4 Å². The number of aryl methyl sites for hydroxylation is 1. The maximum atomic E-state index is 5.39. The third kappa shape index (κ3) is 1.71. The molecular formula is C12H19NO. The second-order valence-electron chi connectivity index (χ2n) is 4.99. The number of hydrogen-bond acceptors (Lipinski definition) is 2. The van der Waals surface area contributed by atoms with Crippen molar-refractivity contribution in [2.24, 2.45) is 5.41 Å². The summed E-state index contributed by atoms with van der Waals surface area (Å²) in [6.07, 6.45) is 4.40. The van der Waals surface area contributed by atoms with E-state index in [4.69, 9.17) is 4.42 Å². The first-order chi connectivity index (χ1) is 6.59. The van der Waals surface area contributed by atoms with Crippen LogP contribution in [-0.4, -0.2) is 6.04 Å². The van der Waals surface area contributed by atoms with E-state index in [1.54, 1.807) is 6.26 Å². The Kier molecular flexibility index (Phi) is 2.40. The lowest BCUT2D eigenvalue weighted by atomic mass is 9.67. The molecule has 1 saturated carbocycles. The molecule has 0 aromatic carbocycles. The summed E-state index contributed by atoms with van der Waals surface area (Å²) < 4.78 is 5.39. The average molecular weight is 193 g/mol. The van der Waals surface area contributed by atoms with Gasteiger partial charge in [-0.1, -0.05) is 13.8 Å². The molecule has 1 aliphatic carbocycles. The molecule has 1 unspecified atom stereocenters. The second kappa shape index (κ2) is 3.43. The standard InChI is InChI=1S/C12H19NO/c1-9-5-7-14-10(9)8-13-11-4-6-12(11,2)3/h5,7,11,13H,4,6,8H2,1-3H3. The minimum absolute atomic E-state index is 0.473. The van der Waals surface area contributed by atoms with Crippen molar-refractivity contribution >= 4 is 0 Å². The van der Waals surface area contributed by atoms with Crippen molar-refractivity contribution in [2.45, 2.75) is 46.2 Å².